The molecule has 0 radical (unpaired) electrons. The molecule has 0 aliphatic carbocycles. The molecule has 19 heavy (non-hydrogen) atoms. The highest BCUT2D eigenvalue weighted by Crippen LogP contribution is 2.26. The van der Waals surface area contributed by atoms with E-state index in [-0.39, 0.29) is 17.8 Å². The second kappa shape index (κ2) is 6.19. The van der Waals surface area contributed by atoms with Crippen molar-refractivity contribution in [2.24, 2.45) is 11.3 Å². The number of oxazole rings is 1. The summed E-state index contributed by atoms with van der Waals surface area (Å²) in [7, 11) is 1.50. The Balaban J connectivity index is 2.79. The minimum absolute atomic E-state index is 0.111. The first-order valence-corrected chi connectivity index (χ1v) is 6.43. The van der Waals surface area contributed by atoms with Gasteiger partial charge in [-0.1, -0.05) is 27.7 Å². The molecule has 1 aromatic heterocycles. The molecule has 1 aromatic rings. The lowest BCUT2D eigenvalue weighted by Gasteiger charge is -2.22. The highest BCUT2D eigenvalue weighted by molar-refractivity contribution is 5.85. The van der Waals surface area contributed by atoms with E-state index in [9.17, 15) is 4.79 Å². The lowest BCUT2D eigenvalue weighted by molar-refractivity contribution is 0.0653. The molecule has 1 heterocycles. The molecule has 0 saturated carbocycles. The van der Waals surface area contributed by atoms with Gasteiger partial charge in [0.05, 0.1) is 6.61 Å². The van der Waals surface area contributed by atoms with Gasteiger partial charge in [0.15, 0.2) is 5.89 Å². The molecule has 1 atom stereocenters. The zero-order valence-electron chi connectivity index (χ0n) is 12.3. The van der Waals surface area contributed by atoms with Crippen molar-refractivity contribution in [2.75, 3.05) is 7.11 Å². The van der Waals surface area contributed by atoms with Crippen LogP contribution in [0.3, 0.4) is 0 Å². The summed E-state index contributed by atoms with van der Waals surface area (Å²) in [5.41, 5.74) is 0.588. The van der Waals surface area contributed by atoms with Crippen LogP contribution in [0.15, 0.2) is 4.42 Å². The van der Waals surface area contributed by atoms with E-state index in [1.54, 1.807) is 0 Å². The molecule has 108 valence electrons. The van der Waals surface area contributed by atoms with Gasteiger partial charge in [-0.2, -0.15) is 0 Å². The van der Waals surface area contributed by atoms with Crippen molar-refractivity contribution < 1.29 is 19.1 Å². The van der Waals surface area contributed by atoms with Crippen LogP contribution in [0.4, 0.5) is 0 Å². The van der Waals surface area contributed by atoms with Gasteiger partial charge in [-0.25, -0.2) is 9.78 Å². The highest BCUT2D eigenvalue weighted by Gasteiger charge is 2.22. The summed E-state index contributed by atoms with van der Waals surface area (Å²) in [6.45, 7) is 8.80. The number of carbonyl (C=O) groups is 1. The summed E-state index contributed by atoms with van der Waals surface area (Å²) in [5.74, 6) is -0.356. The van der Waals surface area contributed by atoms with Crippen LogP contribution in [0.2, 0.25) is 0 Å². The summed E-state index contributed by atoms with van der Waals surface area (Å²) in [4.78, 5) is 15.3. The Morgan fingerprint density at radius 3 is 2.58 bits per heavy atom. The Morgan fingerprint density at radius 2 is 2.11 bits per heavy atom. The van der Waals surface area contributed by atoms with Gasteiger partial charge < -0.3 is 14.3 Å². The molecular weight excluding hydrogens is 246 g/mol. The van der Waals surface area contributed by atoms with Crippen molar-refractivity contribution in [1.29, 1.82) is 0 Å². The first kappa shape index (κ1) is 15.7. The quantitative estimate of drug-likeness (QED) is 0.858. The van der Waals surface area contributed by atoms with Gasteiger partial charge in [-0.05, 0) is 17.8 Å². The normalized spacial score (nSPS) is 13.5. The SMILES string of the molecule is COCc1nc(CC(C)CC(C)(C)C)oc1C(=O)O. The topological polar surface area (TPSA) is 72.6 Å². The molecule has 1 unspecified atom stereocenters. The van der Waals surface area contributed by atoms with E-state index >= 15 is 0 Å². The third-order valence-electron chi connectivity index (χ3n) is 2.70. The van der Waals surface area contributed by atoms with Gasteiger partial charge >= 0.3 is 5.97 Å². The smallest absolute Gasteiger partial charge is 0.373 e. The lowest BCUT2D eigenvalue weighted by atomic mass is 9.84. The molecule has 0 aliphatic rings. The standard InChI is InChI=1S/C14H23NO4/c1-9(7-14(2,3)4)6-11-15-10(8-18-5)12(19-11)13(16)17/h9H,6-8H2,1-5H3,(H,16,17). The molecule has 5 heteroatoms. The Morgan fingerprint density at radius 1 is 1.47 bits per heavy atom. The molecular formula is C14H23NO4. The van der Waals surface area contributed by atoms with Crippen LogP contribution >= 0.6 is 0 Å². The fourth-order valence-corrected chi connectivity index (χ4v) is 2.31. The monoisotopic (exact) mass is 269 g/mol. The van der Waals surface area contributed by atoms with E-state index in [4.69, 9.17) is 14.3 Å². The first-order chi connectivity index (χ1) is 8.73. The van der Waals surface area contributed by atoms with Crippen molar-refractivity contribution in [2.45, 2.75) is 47.1 Å². The summed E-state index contributed by atoms with van der Waals surface area (Å²) >= 11 is 0. The van der Waals surface area contributed by atoms with Crippen LogP contribution in [0.25, 0.3) is 0 Å². The maximum atomic E-state index is 11.0. The second-order valence-corrected chi connectivity index (χ2v) is 6.20. The van der Waals surface area contributed by atoms with E-state index < -0.39 is 5.97 Å². The average Bonchev–Trinajstić information content (AvgIpc) is 2.58. The number of hydrogen-bond donors (Lipinski definition) is 1. The number of aromatic nitrogens is 1. The Bertz CT molecular complexity index is 431. The van der Waals surface area contributed by atoms with E-state index in [0.717, 1.165) is 6.42 Å². The van der Waals surface area contributed by atoms with Gasteiger partial charge in [0.2, 0.25) is 5.76 Å². The largest absolute Gasteiger partial charge is 0.475 e. The predicted molar refractivity (Wildman–Crippen MR) is 71.1 cm³/mol. The van der Waals surface area contributed by atoms with Gasteiger partial charge in [-0.15, -0.1) is 0 Å². The number of nitrogens with zero attached hydrogens (tertiary/aromatic N) is 1. The molecule has 0 fully saturated rings. The summed E-state index contributed by atoms with van der Waals surface area (Å²) in [6.07, 6.45) is 1.67. The van der Waals surface area contributed by atoms with Gasteiger partial charge in [0.25, 0.3) is 0 Å². The predicted octanol–water partition coefficient (Wildman–Crippen LogP) is 3.13. The molecule has 0 spiro atoms. The third kappa shape index (κ3) is 5.03. The summed E-state index contributed by atoms with van der Waals surface area (Å²) in [6, 6.07) is 0. The molecule has 0 amide bonds. The van der Waals surface area contributed by atoms with Gasteiger partial charge in [0, 0.05) is 13.5 Å². The van der Waals surface area contributed by atoms with Crippen LogP contribution in [0.5, 0.6) is 0 Å². The van der Waals surface area contributed by atoms with Crippen molar-refractivity contribution >= 4 is 5.97 Å². The minimum Gasteiger partial charge on any atom is -0.475 e. The lowest BCUT2D eigenvalue weighted by Crippen LogP contribution is -2.12. The molecule has 0 aromatic carbocycles. The van der Waals surface area contributed by atoms with Crippen LogP contribution in [0.1, 0.15) is 56.3 Å². The molecule has 1 N–H and O–H groups in total. The van der Waals surface area contributed by atoms with Crippen molar-refractivity contribution in [1.82, 2.24) is 4.98 Å². The number of carboxylic acid groups (broad SMARTS) is 1. The number of methoxy groups -OCH3 is 1. The zero-order valence-corrected chi connectivity index (χ0v) is 12.3. The van der Waals surface area contributed by atoms with Crippen molar-refractivity contribution in [3.8, 4) is 0 Å². The van der Waals surface area contributed by atoms with E-state index in [1.807, 2.05) is 0 Å². The van der Waals surface area contributed by atoms with Crippen molar-refractivity contribution in [3.63, 3.8) is 0 Å². The van der Waals surface area contributed by atoms with Gasteiger partial charge in [0.1, 0.15) is 5.69 Å². The van der Waals surface area contributed by atoms with Crippen LogP contribution in [-0.4, -0.2) is 23.2 Å². The minimum atomic E-state index is -1.10. The van der Waals surface area contributed by atoms with Gasteiger partial charge in [-0.3, -0.25) is 0 Å². The summed E-state index contributed by atoms with van der Waals surface area (Å²) < 4.78 is 10.3. The fourth-order valence-electron chi connectivity index (χ4n) is 2.31. The molecule has 0 bridgehead atoms. The van der Waals surface area contributed by atoms with Crippen LogP contribution in [-0.2, 0) is 17.8 Å². The fraction of sp³-hybridized carbons (Fsp3) is 0.714. The van der Waals surface area contributed by atoms with Crippen LogP contribution in [0, 0.1) is 11.3 Å². The second-order valence-electron chi connectivity index (χ2n) is 6.20. The maximum Gasteiger partial charge on any atom is 0.373 e. The number of rotatable bonds is 6. The average molecular weight is 269 g/mol. The maximum absolute atomic E-state index is 11.0. The first-order valence-electron chi connectivity index (χ1n) is 6.43. The van der Waals surface area contributed by atoms with E-state index in [0.29, 0.717) is 23.9 Å². The third-order valence-corrected chi connectivity index (χ3v) is 2.70. The van der Waals surface area contributed by atoms with Crippen LogP contribution < -0.4 is 0 Å². The number of carboxylic acids is 1. The van der Waals surface area contributed by atoms with E-state index in [1.165, 1.54) is 7.11 Å². The Hall–Kier alpha value is -1.36. The van der Waals surface area contributed by atoms with E-state index in [2.05, 4.69) is 32.7 Å². The molecule has 5 nitrogen and oxygen atoms in total. The number of ether oxygens (including phenoxy) is 1. The Labute approximate surface area is 114 Å². The Kier molecular flexibility index (Phi) is 5.11. The molecule has 0 aliphatic heterocycles. The highest BCUT2D eigenvalue weighted by atomic mass is 16.5. The summed E-state index contributed by atoms with van der Waals surface area (Å²) in [5, 5.41) is 9.04. The number of hydrogen-bond acceptors (Lipinski definition) is 4. The molecule has 1 rings (SSSR count). The number of aromatic carboxylic acids is 1. The zero-order chi connectivity index (χ0) is 14.6. The molecule has 0 saturated heterocycles. The van der Waals surface area contributed by atoms with Crippen molar-refractivity contribution in [3.05, 3.63) is 17.3 Å².